The summed E-state index contributed by atoms with van der Waals surface area (Å²) < 4.78 is 15.3. The molecule has 10 heterocycles. The molecule has 21 nitrogen and oxygen atoms in total. The number of likely N-dealkylation sites (tertiary alicyclic amines) is 10. The highest BCUT2D eigenvalue weighted by atomic mass is 16.5. The molecule has 0 radical (unpaired) electrons. The van der Waals surface area contributed by atoms with Crippen molar-refractivity contribution in [1.29, 1.82) is 5.26 Å². The number of esters is 2. The molecule has 10 aliphatic heterocycles. The molecule has 21 atom stereocenters. The van der Waals surface area contributed by atoms with Crippen LogP contribution in [0.4, 0.5) is 0 Å². The van der Waals surface area contributed by atoms with E-state index < -0.39 is 0 Å². The molecule has 3 amide bonds. The quantitative estimate of drug-likeness (QED) is 0.227. The Morgan fingerprint density at radius 3 is 0.763 bits per heavy atom. The summed E-state index contributed by atoms with van der Waals surface area (Å²) in [6.45, 7) is 95.8. The third-order valence-corrected chi connectivity index (χ3v) is 24.3. The first-order chi connectivity index (χ1) is 62.3. The van der Waals surface area contributed by atoms with Crippen molar-refractivity contribution >= 4 is 29.7 Å². The van der Waals surface area contributed by atoms with Gasteiger partial charge < -0.3 is 73.4 Å². The van der Waals surface area contributed by atoms with Crippen molar-refractivity contribution in [2.45, 2.75) is 377 Å². The van der Waals surface area contributed by atoms with Crippen LogP contribution in [-0.4, -0.2) is 308 Å². The molecule has 0 spiro atoms. The van der Waals surface area contributed by atoms with Crippen LogP contribution < -0.4 is 0 Å². The third-order valence-electron chi connectivity index (χ3n) is 24.3. The van der Waals surface area contributed by atoms with E-state index in [0.29, 0.717) is 84.4 Å². The summed E-state index contributed by atoms with van der Waals surface area (Å²) in [5.41, 5.74) is 0. The smallest absolute Gasteiger partial charge is 0.310 e. The maximum atomic E-state index is 12.0. The fraction of sp³-hybridized carbons (Fsp3) is 0.945. The summed E-state index contributed by atoms with van der Waals surface area (Å²) in [5.74, 6) is 11.6. The van der Waals surface area contributed by atoms with Crippen LogP contribution in [0.1, 0.15) is 358 Å². The van der Waals surface area contributed by atoms with Crippen LogP contribution in [0.2, 0.25) is 0 Å². The Morgan fingerprint density at radius 1 is 0.298 bits per heavy atom. The maximum absolute atomic E-state index is 12.0. The number of nitriles is 1. The molecule has 12 rings (SSSR count). The summed E-state index contributed by atoms with van der Waals surface area (Å²) in [5, 5.41) is 27.1. The predicted octanol–water partition coefficient (Wildman–Crippen LogP) is 22.7. The Morgan fingerprint density at radius 2 is 0.542 bits per heavy atom. The Labute approximate surface area is 817 Å². The predicted molar refractivity (Wildman–Crippen MR) is 568 cm³/mol. The highest BCUT2D eigenvalue weighted by molar-refractivity contribution is 5.80. The Kier molecular flexibility index (Phi) is 99.8. The van der Waals surface area contributed by atoms with Gasteiger partial charge in [-0.25, -0.2) is 0 Å². The molecule has 10 saturated heterocycles. The number of nitrogens with zero attached hydrogens (tertiary/aromatic N) is 11. The van der Waals surface area contributed by atoms with Gasteiger partial charge in [0, 0.05) is 151 Å². The number of carbonyl (C=O) groups excluding carboxylic acids is 5. The fourth-order valence-electron chi connectivity index (χ4n) is 19.9. The standard InChI is InChI=1S/2C11H20N2O.2C10H19NO2.C9H17NO.C9H15N.C8H17NO.C8H16.2C7H15NO.10C2H6/c2*1-9-6-10(8-12(2)7-9)11(14)13-4-3-5-13;2*1-4-13-10(12)9-5-8(2)6-11(3)7-9;1-7-4-8(2)6-10(5-7)9(3)11;1-7-3-8(2)5-9(4-7)6-10;1-7-4-8(10-3)6-9(2)5-7;1-7-4-3-5-8(2)6-7;2*1-6-3-7(9)5-8(2)4-6;10*1-2/h2*9-10H,3-8H2,1-2H3;2*8-9H,4-7H2,1-3H3;7-8H,4-6H2,1-3H3;7-9H,3-5H2,1-2H3;7-8H,4-6H2,1-3H3;7-8H,3-6H2,1-2H3;2*6-7,9H,3-5H2,1-2H3;10*1-2H3/t9-,10+;9-,10-;8-,9+;8-,9-;7-,8-;7-,8?,9?;7-,8+;7-,8-;2*6-,7+;;;;;;;;;;/m1011000010........../s1. The summed E-state index contributed by atoms with van der Waals surface area (Å²) in [7, 11) is 16.4. The minimum atomic E-state index is -0.0845. The molecule has 12 aliphatic rings. The van der Waals surface area contributed by atoms with E-state index in [0.717, 1.165) is 205 Å². The third kappa shape index (κ3) is 72.4. The lowest BCUT2D eigenvalue weighted by molar-refractivity contribution is -0.151. The van der Waals surface area contributed by atoms with Gasteiger partial charge in [-0.2, -0.15) is 5.26 Å². The van der Waals surface area contributed by atoms with Gasteiger partial charge in [-0.15, -0.1) is 0 Å². The van der Waals surface area contributed by atoms with Gasteiger partial charge in [0.15, 0.2) is 0 Å². The number of β-amino-alcohol motifs (C(OH)–C–C–N with tert-alkyl or cyclic N) is 2. The van der Waals surface area contributed by atoms with Crippen LogP contribution >= 0.6 is 0 Å². The van der Waals surface area contributed by atoms with Crippen LogP contribution in [0.25, 0.3) is 0 Å². The van der Waals surface area contributed by atoms with Gasteiger partial charge >= 0.3 is 11.9 Å². The van der Waals surface area contributed by atoms with Crippen LogP contribution in [0.15, 0.2) is 0 Å². The number of aliphatic hydroxyl groups excluding tert-OH is 2. The topological polar surface area (TPSA) is 210 Å². The minimum absolute atomic E-state index is 0.0269. The van der Waals surface area contributed by atoms with Crippen molar-refractivity contribution < 1.29 is 48.4 Å². The second-order valence-corrected chi connectivity index (χ2v) is 38.7. The molecular formula is C110H233N11O10. The first-order valence-electron chi connectivity index (χ1n) is 54.5. The number of piperidine rings is 8. The molecule has 0 aromatic heterocycles. The summed E-state index contributed by atoms with van der Waals surface area (Å²) in [6, 6.07) is 2.36. The summed E-state index contributed by atoms with van der Waals surface area (Å²) >= 11 is 0. The molecule has 0 aromatic rings. The molecule has 0 aromatic carbocycles. The highest BCUT2D eigenvalue weighted by Crippen LogP contribution is 2.33. The second kappa shape index (κ2) is 91.5. The lowest BCUT2D eigenvalue weighted by Crippen LogP contribution is -2.50. The molecule has 0 bridgehead atoms. The molecule has 788 valence electrons. The van der Waals surface area contributed by atoms with E-state index in [9.17, 15) is 34.2 Å². The van der Waals surface area contributed by atoms with Gasteiger partial charge in [0.1, 0.15) is 0 Å². The SMILES string of the molecule is CC.CC.CC.CC.CC.CC.CC.CC.CC.CC.CC(=O)N1C[C@@H](C)C[C@H](C)C1.CC1CC(C#N)C[C@@H](C)C1.CCOC(=O)[C@@H]1C[C@@H](C)CN(C)C1.CCOC(=O)[C@H]1C[C@@H](C)CN(C)C1.CO[C@@H]1C[C@H](C)CN(C)C1.C[C@@H]1C[C@H](C(=O)N2CCC2)CN(C)C1.C[C@@H]1C[C@H](O)CN(C)C1.C[C@H]1CCC[C@H](C)C1.C[C@H]1C[C@@H](O)CN(C)C1.C[C@H]1C[C@H](C(=O)N2CCC2)CN(C)C1. The van der Waals surface area contributed by atoms with Gasteiger partial charge in [-0.05, 0) is 230 Å². The number of methoxy groups -OCH3 is 1. The zero-order valence-corrected chi connectivity index (χ0v) is 95.8. The molecular weight excluding hydrogens is 1640 g/mol. The average Bonchev–Trinajstić information content (AvgIpc) is 0.829. The van der Waals surface area contributed by atoms with Gasteiger partial charge in [0.05, 0.1) is 61.3 Å². The van der Waals surface area contributed by atoms with Crippen LogP contribution in [0, 0.1) is 118 Å². The van der Waals surface area contributed by atoms with Gasteiger partial charge in [-0.1, -0.05) is 248 Å². The Balaban J connectivity index is -0.000000210. The average molecular weight is 1870 g/mol. The number of hydrogen-bond acceptors (Lipinski definition) is 18. The number of carbonyl (C=O) groups is 5. The van der Waals surface area contributed by atoms with E-state index >= 15 is 0 Å². The van der Waals surface area contributed by atoms with Crippen LogP contribution in [0.5, 0.6) is 0 Å². The van der Waals surface area contributed by atoms with Crippen LogP contribution in [0.3, 0.4) is 0 Å². The van der Waals surface area contributed by atoms with E-state index in [1.165, 1.54) is 64.3 Å². The fourth-order valence-corrected chi connectivity index (χ4v) is 19.9. The largest absolute Gasteiger partial charge is 0.466 e. The first kappa shape index (κ1) is 143. The van der Waals surface area contributed by atoms with E-state index in [2.05, 4.69) is 180 Å². The normalized spacial score (nSPS) is 30.1. The summed E-state index contributed by atoms with van der Waals surface area (Å²) in [6.07, 6.45) is 20.7. The van der Waals surface area contributed by atoms with Crippen molar-refractivity contribution in [3.8, 4) is 6.07 Å². The van der Waals surface area contributed by atoms with Crippen molar-refractivity contribution in [3.05, 3.63) is 0 Å². The van der Waals surface area contributed by atoms with E-state index in [-0.39, 0.29) is 53.7 Å². The monoisotopic (exact) mass is 1870 g/mol. The van der Waals surface area contributed by atoms with E-state index in [4.69, 9.17) is 19.5 Å². The van der Waals surface area contributed by atoms with Gasteiger partial charge in [0.25, 0.3) is 0 Å². The maximum Gasteiger partial charge on any atom is 0.310 e. The first-order valence-corrected chi connectivity index (χ1v) is 54.5. The number of amides is 3. The van der Waals surface area contributed by atoms with Crippen molar-refractivity contribution in [2.75, 3.05) is 201 Å². The number of rotatable bonds is 7. The second-order valence-electron chi connectivity index (χ2n) is 38.7. The number of hydrogen-bond donors (Lipinski definition) is 2. The number of ether oxygens (including phenoxy) is 3. The van der Waals surface area contributed by atoms with Crippen molar-refractivity contribution in [2.24, 2.45) is 107 Å². The number of likely N-dealkylation sites (N-methyl/N-ethyl adjacent to an activating group) is 3. The lowest BCUT2D eigenvalue weighted by atomic mass is 9.77. The minimum Gasteiger partial charge on any atom is -0.466 e. The molecule has 2 N–H and O–H groups in total. The summed E-state index contributed by atoms with van der Waals surface area (Å²) in [4.78, 5) is 79.5. The highest BCUT2D eigenvalue weighted by Gasteiger charge is 2.36. The zero-order valence-electron chi connectivity index (χ0n) is 95.8. The Bertz CT molecular complexity index is 2360. The van der Waals surface area contributed by atoms with Crippen molar-refractivity contribution in [3.63, 3.8) is 0 Å². The molecule has 2 saturated carbocycles. The Hall–Kier alpha value is -3.56. The zero-order chi connectivity index (χ0) is 103. The molecule has 12 fully saturated rings. The van der Waals surface area contributed by atoms with E-state index in [1.807, 2.05) is 167 Å². The lowest BCUT2D eigenvalue weighted by Gasteiger charge is -2.39. The van der Waals surface area contributed by atoms with Crippen LogP contribution in [-0.2, 0) is 38.2 Å². The molecule has 21 heteroatoms. The molecule has 131 heavy (non-hydrogen) atoms. The molecule has 2 aliphatic carbocycles. The van der Waals surface area contributed by atoms with E-state index in [1.54, 1.807) is 14.0 Å². The van der Waals surface area contributed by atoms with Crippen molar-refractivity contribution in [1.82, 2.24) is 49.0 Å². The van der Waals surface area contributed by atoms with Gasteiger partial charge in [-0.3, -0.25) is 24.0 Å². The van der Waals surface area contributed by atoms with Gasteiger partial charge in [0.2, 0.25) is 17.7 Å². The number of aliphatic hydroxyl groups is 2. The molecule has 2 unspecified atom stereocenters.